The van der Waals surface area contributed by atoms with E-state index < -0.39 is 0 Å². The molecule has 5 heteroatoms. The maximum Gasteiger partial charge on any atom is 0.222 e. The second-order valence-electron chi connectivity index (χ2n) is 7.81. The summed E-state index contributed by atoms with van der Waals surface area (Å²) in [6.07, 6.45) is 7.49. The lowest BCUT2D eigenvalue weighted by molar-refractivity contribution is -0.130. The van der Waals surface area contributed by atoms with Gasteiger partial charge >= 0.3 is 0 Å². The fourth-order valence-corrected chi connectivity index (χ4v) is 3.80. The first kappa shape index (κ1) is 19.7. The largest absolute Gasteiger partial charge is 0.357 e. The van der Waals surface area contributed by atoms with E-state index in [0.717, 1.165) is 64.4 Å². The second kappa shape index (κ2) is 9.77. The molecule has 1 saturated heterocycles. The Bertz CT molecular complexity index is 624. The topological polar surface area (TPSA) is 56.7 Å². The van der Waals surface area contributed by atoms with E-state index in [1.807, 2.05) is 4.90 Å². The Labute approximate surface area is 163 Å². The number of likely N-dealkylation sites (tertiary alicyclic amines) is 1. The predicted octanol–water partition coefficient (Wildman–Crippen LogP) is 3.07. The zero-order valence-corrected chi connectivity index (χ0v) is 16.7. The minimum Gasteiger partial charge on any atom is -0.357 e. The van der Waals surface area contributed by atoms with E-state index >= 15 is 0 Å². The van der Waals surface area contributed by atoms with Crippen LogP contribution in [0.4, 0.5) is 0 Å². The predicted molar refractivity (Wildman–Crippen MR) is 111 cm³/mol. The van der Waals surface area contributed by atoms with Crippen LogP contribution in [0.3, 0.4) is 0 Å². The number of nitrogens with one attached hydrogen (secondary N) is 2. The molecule has 0 aromatic heterocycles. The SMILES string of the molecule is CCNC(=NCC1(c2ccccc2)CC1)NCCCN1CCCCCC1=O. The van der Waals surface area contributed by atoms with Gasteiger partial charge in [0.05, 0.1) is 6.54 Å². The van der Waals surface area contributed by atoms with E-state index in [0.29, 0.717) is 5.91 Å². The second-order valence-corrected chi connectivity index (χ2v) is 7.81. The lowest BCUT2D eigenvalue weighted by Gasteiger charge is -2.21. The quantitative estimate of drug-likeness (QED) is 0.420. The Balaban J connectivity index is 1.46. The van der Waals surface area contributed by atoms with Gasteiger partial charge in [0.1, 0.15) is 0 Å². The summed E-state index contributed by atoms with van der Waals surface area (Å²) in [5, 5.41) is 6.79. The molecule has 0 atom stereocenters. The number of nitrogens with zero attached hydrogens (tertiary/aromatic N) is 2. The van der Waals surface area contributed by atoms with Crippen LogP contribution < -0.4 is 10.6 Å². The normalized spacial score (nSPS) is 19.5. The van der Waals surface area contributed by atoms with E-state index in [2.05, 4.69) is 47.9 Å². The number of carbonyl (C=O) groups is 1. The van der Waals surface area contributed by atoms with Crippen molar-refractivity contribution in [3.8, 4) is 0 Å². The summed E-state index contributed by atoms with van der Waals surface area (Å²) in [5.41, 5.74) is 1.64. The van der Waals surface area contributed by atoms with E-state index in [-0.39, 0.29) is 5.41 Å². The highest BCUT2D eigenvalue weighted by Gasteiger charge is 2.43. The first-order valence-corrected chi connectivity index (χ1v) is 10.6. The average molecular weight is 371 g/mol. The molecular weight excluding hydrogens is 336 g/mol. The number of benzene rings is 1. The maximum absolute atomic E-state index is 12.1. The van der Waals surface area contributed by atoms with Crippen LogP contribution in [0.2, 0.25) is 0 Å². The summed E-state index contributed by atoms with van der Waals surface area (Å²) in [6.45, 7) is 6.39. The van der Waals surface area contributed by atoms with Crippen LogP contribution in [0.5, 0.6) is 0 Å². The number of carbonyl (C=O) groups excluding carboxylic acids is 1. The highest BCUT2D eigenvalue weighted by atomic mass is 16.2. The van der Waals surface area contributed by atoms with Crippen LogP contribution >= 0.6 is 0 Å². The van der Waals surface area contributed by atoms with E-state index in [4.69, 9.17) is 4.99 Å². The minimum atomic E-state index is 0.238. The lowest BCUT2D eigenvalue weighted by Crippen LogP contribution is -2.40. The van der Waals surface area contributed by atoms with Gasteiger partial charge in [-0.2, -0.15) is 0 Å². The Kier molecular flexibility index (Phi) is 7.13. The summed E-state index contributed by atoms with van der Waals surface area (Å²) in [6, 6.07) is 10.8. The van der Waals surface area contributed by atoms with Crippen molar-refractivity contribution in [1.82, 2.24) is 15.5 Å². The fourth-order valence-electron chi connectivity index (χ4n) is 3.80. The summed E-state index contributed by atoms with van der Waals surface area (Å²) in [7, 11) is 0. The first-order chi connectivity index (χ1) is 13.2. The molecular formula is C22H34N4O. The third-order valence-electron chi connectivity index (χ3n) is 5.69. The van der Waals surface area contributed by atoms with Crippen molar-refractivity contribution in [3.05, 3.63) is 35.9 Å². The van der Waals surface area contributed by atoms with Gasteiger partial charge in [-0.3, -0.25) is 9.79 Å². The van der Waals surface area contributed by atoms with Gasteiger partial charge in [0.2, 0.25) is 5.91 Å². The molecule has 1 amide bonds. The van der Waals surface area contributed by atoms with Crippen molar-refractivity contribution in [2.24, 2.45) is 4.99 Å². The van der Waals surface area contributed by atoms with Crippen molar-refractivity contribution in [2.75, 3.05) is 32.7 Å². The van der Waals surface area contributed by atoms with Gasteiger partial charge in [-0.15, -0.1) is 0 Å². The van der Waals surface area contributed by atoms with Gasteiger partial charge < -0.3 is 15.5 Å². The minimum absolute atomic E-state index is 0.238. The van der Waals surface area contributed by atoms with Gasteiger partial charge in [-0.1, -0.05) is 36.8 Å². The molecule has 27 heavy (non-hydrogen) atoms. The molecule has 1 saturated carbocycles. The molecule has 2 N–H and O–H groups in total. The molecule has 0 radical (unpaired) electrons. The van der Waals surface area contributed by atoms with Gasteiger partial charge in [0.15, 0.2) is 5.96 Å². The molecule has 5 nitrogen and oxygen atoms in total. The Morgan fingerprint density at radius 1 is 1.15 bits per heavy atom. The monoisotopic (exact) mass is 370 g/mol. The number of amides is 1. The Morgan fingerprint density at radius 2 is 1.96 bits per heavy atom. The van der Waals surface area contributed by atoms with E-state index in [9.17, 15) is 4.79 Å². The van der Waals surface area contributed by atoms with Crippen molar-refractivity contribution in [2.45, 2.75) is 57.3 Å². The van der Waals surface area contributed by atoms with Gasteiger partial charge in [0, 0.05) is 38.0 Å². The molecule has 0 unspecified atom stereocenters. The first-order valence-electron chi connectivity index (χ1n) is 10.6. The molecule has 3 rings (SSSR count). The maximum atomic E-state index is 12.1. The number of hydrogen-bond donors (Lipinski definition) is 2. The van der Waals surface area contributed by atoms with Gasteiger partial charge in [0.25, 0.3) is 0 Å². The number of rotatable bonds is 8. The van der Waals surface area contributed by atoms with Crippen molar-refractivity contribution in [1.29, 1.82) is 0 Å². The van der Waals surface area contributed by atoms with Gasteiger partial charge in [-0.25, -0.2) is 0 Å². The van der Waals surface area contributed by atoms with Crippen molar-refractivity contribution < 1.29 is 4.79 Å². The van der Waals surface area contributed by atoms with Crippen LogP contribution in [0.1, 0.15) is 57.4 Å². The third kappa shape index (κ3) is 5.72. The van der Waals surface area contributed by atoms with Crippen molar-refractivity contribution in [3.63, 3.8) is 0 Å². The Hall–Kier alpha value is -2.04. The average Bonchev–Trinajstić information content (AvgIpc) is 3.50. The van der Waals surface area contributed by atoms with Crippen LogP contribution in [-0.2, 0) is 10.2 Å². The molecule has 148 valence electrons. The molecule has 1 aliphatic carbocycles. The molecule has 2 fully saturated rings. The summed E-state index contributed by atoms with van der Waals surface area (Å²) in [5.74, 6) is 1.22. The molecule has 0 spiro atoms. The van der Waals surface area contributed by atoms with Gasteiger partial charge in [-0.05, 0) is 44.6 Å². The molecule has 1 aliphatic heterocycles. The van der Waals surface area contributed by atoms with Crippen molar-refractivity contribution >= 4 is 11.9 Å². The lowest BCUT2D eigenvalue weighted by atomic mass is 9.96. The summed E-state index contributed by atoms with van der Waals surface area (Å²) < 4.78 is 0. The Morgan fingerprint density at radius 3 is 2.70 bits per heavy atom. The number of hydrogen-bond acceptors (Lipinski definition) is 2. The highest BCUT2D eigenvalue weighted by molar-refractivity contribution is 5.80. The van der Waals surface area contributed by atoms with Crippen LogP contribution in [0.15, 0.2) is 35.3 Å². The zero-order chi connectivity index (χ0) is 19.0. The smallest absolute Gasteiger partial charge is 0.222 e. The summed E-state index contributed by atoms with van der Waals surface area (Å²) in [4.78, 5) is 19.0. The van der Waals surface area contributed by atoms with E-state index in [1.165, 1.54) is 24.8 Å². The van der Waals surface area contributed by atoms with E-state index in [1.54, 1.807) is 0 Å². The highest BCUT2D eigenvalue weighted by Crippen LogP contribution is 2.48. The van der Waals surface area contributed by atoms with Crippen LogP contribution in [0, 0.1) is 0 Å². The molecule has 0 bridgehead atoms. The van der Waals surface area contributed by atoms with Crippen LogP contribution in [-0.4, -0.2) is 49.5 Å². The number of aliphatic imine (C=N–C) groups is 1. The molecule has 1 aromatic carbocycles. The standard InChI is InChI=1S/C22H34N4O/c1-2-23-21(24-15-9-17-26-16-8-4-7-12-20(26)27)25-18-22(13-14-22)19-10-5-3-6-11-19/h3,5-6,10-11H,2,4,7-9,12-18H2,1H3,(H2,23,24,25). The zero-order valence-electron chi connectivity index (χ0n) is 16.7. The molecule has 1 heterocycles. The van der Waals surface area contributed by atoms with Crippen LogP contribution in [0.25, 0.3) is 0 Å². The fraction of sp³-hybridized carbons (Fsp3) is 0.636. The summed E-state index contributed by atoms with van der Waals surface area (Å²) >= 11 is 0. The molecule has 1 aromatic rings. The third-order valence-corrected chi connectivity index (χ3v) is 5.69. The number of guanidine groups is 1. The molecule has 2 aliphatic rings.